The van der Waals surface area contributed by atoms with Crippen LogP contribution in [0.5, 0.6) is 0 Å². The van der Waals surface area contributed by atoms with Crippen molar-refractivity contribution >= 4 is 57.2 Å². The van der Waals surface area contributed by atoms with Crippen LogP contribution < -0.4 is 11.5 Å². The Morgan fingerprint density at radius 2 is 1.25 bits per heavy atom. The summed E-state index contributed by atoms with van der Waals surface area (Å²) in [5, 5.41) is 18.7. The monoisotopic (exact) mass is 710 g/mol. The molecule has 4 N–H and O–H groups in total. The van der Waals surface area contributed by atoms with E-state index in [9.17, 15) is 9.59 Å². The number of aromatic nitrogens is 12. The van der Waals surface area contributed by atoms with E-state index in [-0.39, 0.29) is 29.7 Å². The van der Waals surface area contributed by atoms with Gasteiger partial charge in [-0.1, -0.05) is 27.7 Å². The number of anilines is 2. The molecule has 0 bridgehead atoms. The molecule has 8 rings (SSSR count). The fourth-order valence-corrected chi connectivity index (χ4v) is 5.80. The van der Waals surface area contributed by atoms with E-state index in [1.54, 1.807) is 49.2 Å². The molecule has 0 saturated heterocycles. The number of hydrogen-bond donors (Lipinski definition) is 2. The molecule has 8 heterocycles. The fourth-order valence-electron chi connectivity index (χ4n) is 5.80. The summed E-state index contributed by atoms with van der Waals surface area (Å²) >= 11 is 0. The van der Waals surface area contributed by atoms with Crippen LogP contribution in [0.15, 0.2) is 58.0 Å². The zero-order valence-corrected chi connectivity index (χ0v) is 28.9. The number of carbonyl (C=O) groups excluding carboxylic acids is 2. The number of furan rings is 2. The van der Waals surface area contributed by atoms with Gasteiger partial charge in [0.25, 0.3) is 0 Å². The normalized spacial score (nSPS) is 12.9. The Labute approximate surface area is 293 Å². The van der Waals surface area contributed by atoms with Crippen molar-refractivity contribution in [1.82, 2.24) is 58.7 Å². The van der Waals surface area contributed by atoms with E-state index in [1.165, 1.54) is 32.6 Å². The minimum atomic E-state index is -0.626. The van der Waals surface area contributed by atoms with Crippen LogP contribution in [0.25, 0.3) is 56.5 Å². The van der Waals surface area contributed by atoms with Gasteiger partial charge in [-0.2, -0.15) is 29.2 Å². The van der Waals surface area contributed by atoms with Gasteiger partial charge in [-0.15, -0.1) is 10.2 Å². The molecule has 8 aromatic rings. The molecule has 20 nitrogen and oxygen atoms in total. The summed E-state index contributed by atoms with van der Waals surface area (Å²) in [7, 11) is 2.70. The number of esters is 2. The summed E-state index contributed by atoms with van der Waals surface area (Å²) in [5.41, 5.74) is 13.8. The highest BCUT2D eigenvalue weighted by molar-refractivity contribution is 5.92. The molecule has 52 heavy (non-hydrogen) atoms. The first kappa shape index (κ1) is 33.6. The maximum atomic E-state index is 12.2. The van der Waals surface area contributed by atoms with Crippen LogP contribution in [0.4, 0.5) is 11.9 Å². The minimum Gasteiger partial charge on any atom is -0.467 e. The Morgan fingerprint density at radius 3 is 1.77 bits per heavy atom. The molecule has 8 aromatic heterocycles. The molecule has 0 aliphatic rings. The summed E-state index contributed by atoms with van der Waals surface area (Å²) in [4.78, 5) is 42.0. The molecule has 0 amide bonds. The molecule has 268 valence electrons. The second-order valence-electron chi connectivity index (χ2n) is 12.3. The number of rotatable bonds is 8. The van der Waals surface area contributed by atoms with Gasteiger partial charge in [0.1, 0.15) is 0 Å². The highest BCUT2D eigenvalue weighted by atomic mass is 16.5. The summed E-state index contributed by atoms with van der Waals surface area (Å²) < 4.78 is 26.4. The van der Waals surface area contributed by atoms with Gasteiger partial charge in [-0.25, -0.2) is 24.2 Å². The van der Waals surface area contributed by atoms with Gasteiger partial charge < -0.3 is 29.8 Å². The Balaban J connectivity index is 0.000000162. The number of methoxy groups -OCH3 is 2. The smallest absolute Gasteiger partial charge is 0.331 e. The maximum absolute atomic E-state index is 12.2. The number of hydrogen-bond acceptors (Lipinski definition) is 16. The molecule has 20 heteroatoms. The van der Waals surface area contributed by atoms with Gasteiger partial charge in [0, 0.05) is 6.20 Å². The molecule has 0 radical (unpaired) electrons. The van der Waals surface area contributed by atoms with E-state index in [0.29, 0.717) is 56.5 Å². The third-order valence-corrected chi connectivity index (χ3v) is 8.23. The molecule has 2 atom stereocenters. The number of ether oxygens (including phenoxy) is 2. The number of fused-ring (bicyclic) bond motifs is 6. The van der Waals surface area contributed by atoms with Crippen molar-refractivity contribution in [2.75, 3.05) is 25.7 Å². The predicted octanol–water partition coefficient (Wildman–Crippen LogP) is 3.37. The highest BCUT2D eigenvalue weighted by Crippen LogP contribution is 2.29. The first-order chi connectivity index (χ1) is 25.0. The van der Waals surface area contributed by atoms with Crippen LogP contribution in [0, 0.1) is 11.8 Å². The molecule has 0 saturated carbocycles. The Hall–Kier alpha value is -6.86. The lowest BCUT2D eigenvalue weighted by molar-refractivity contribution is -0.147. The van der Waals surface area contributed by atoms with Gasteiger partial charge in [-0.3, -0.25) is 4.68 Å². The first-order valence-electron chi connectivity index (χ1n) is 16.0. The van der Waals surface area contributed by atoms with Gasteiger partial charge in [0.15, 0.2) is 46.2 Å². The van der Waals surface area contributed by atoms with Crippen molar-refractivity contribution in [3.8, 4) is 23.2 Å². The van der Waals surface area contributed by atoms with E-state index in [1.807, 2.05) is 27.7 Å². The van der Waals surface area contributed by atoms with E-state index in [2.05, 4.69) is 40.3 Å². The molecular weight excluding hydrogens is 676 g/mol. The van der Waals surface area contributed by atoms with E-state index in [4.69, 9.17) is 29.8 Å². The Kier molecular flexibility index (Phi) is 8.48. The second kappa shape index (κ2) is 13.1. The number of carbonyl (C=O) groups is 2. The quantitative estimate of drug-likeness (QED) is 0.214. The summed E-state index contributed by atoms with van der Waals surface area (Å²) in [6.07, 6.45) is 6.38. The average molecular weight is 711 g/mol. The predicted molar refractivity (Wildman–Crippen MR) is 184 cm³/mol. The van der Waals surface area contributed by atoms with E-state index >= 15 is 0 Å². The topological polar surface area (TPSA) is 253 Å². The fraction of sp³-hybridized carbons (Fsp3) is 0.312. The second-order valence-corrected chi connectivity index (χ2v) is 12.3. The lowest BCUT2D eigenvalue weighted by atomic mass is 10.1. The van der Waals surface area contributed by atoms with Crippen molar-refractivity contribution in [2.45, 2.75) is 39.8 Å². The Bertz CT molecular complexity index is 2470. The summed E-state index contributed by atoms with van der Waals surface area (Å²) in [5.74, 6) is 1.22. The number of nitrogens with zero attached hydrogens (tertiary/aromatic N) is 12. The first-order valence-corrected chi connectivity index (χ1v) is 16.0. The van der Waals surface area contributed by atoms with Crippen LogP contribution in [-0.2, 0) is 19.1 Å². The molecular formula is C32H34N14O6. The van der Waals surface area contributed by atoms with Gasteiger partial charge in [0.05, 0.1) is 43.7 Å². The lowest BCUT2D eigenvalue weighted by Crippen LogP contribution is -2.27. The van der Waals surface area contributed by atoms with Crippen LogP contribution >= 0.6 is 0 Å². The van der Waals surface area contributed by atoms with E-state index < -0.39 is 18.1 Å². The summed E-state index contributed by atoms with van der Waals surface area (Å²) in [6, 6.07) is 5.80. The summed E-state index contributed by atoms with van der Waals surface area (Å²) in [6.45, 7) is 7.64. The van der Waals surface area contributed by atoms with Crippen molar-refractivity contribution in [3.05, 3.63) is 49.2 Å². The number of nitrogen functional groups attached to an aromatic ring is 2. The molecule has 0 aromatic carbocycles. The van der Waals surface area contributed by atoms with Crippen molar-refractivity contribution < 1.29 is 27.9 Å². The zero-order valence-electron chi connectivity index (χ0n) is 28.9. The molecule has 2 unspecified atom stereocenters. The number of nitrogens with two attached hydrogens (primary N) is 2. The molecule has 0 aliphatic carbocycles. The minimum absolute atomic E-state index is 0.0262. The van der Waals surface area contributed by atoms with Gasteiger partial charge in [0.2, 0.25) is 23.5 Å². The highest BCUT2D eigenvalue weighted by Gasteiger charge is 2.30. The van der Waals surface area contributed by atoms with Crippen molar-refractivity contribution in [3.63, 3.8) is 0 Å². The molecule has 0 aliphatic heterocycles. The standard InChI is InChI=1S/2C16H17N7O3/c1-8(2)11(15(24)25-3)22-14-9(7-18-22)13-19-12(10-5-4-6-26-10)21-23(13)16(17)20-14;1-8(2)11(15(24)25-3)22-7-9-12(20-22)19-16(17)23-14(9)18-13(21-23)10-5-4-6-26-10/h4-8,11H,1-3H3,(H2,17,20);4-8,11H,1-3H3,(H2,17,19,20). The lowest BCUT2D eigenvalue weighted by Gasteiger charge is -2.19. The van der Waals surface area contributed by atoms with Crippen LogP contribution in [-0.4, -0.2) is 84.9 Å². The van der Waals surface area contributed by atoms with E-state index in [0.717, 1.165) is 0 Å². The Morgan fingerprint density at radius 1 is 0.712 bits per heavy atom. The van der Waals surface area contributed by atoms with Crippen LogP contribution in [0.1, 0.15) is 39.8 Å². The largest absolute Gasteiger partial charge is 0.467 e. The van der Waals surface area contributed by atoms with Crippen molar-refractivity contribution in [2.24, 2.45) is 11.8 Å². The molecule has 0 fully saturated rings. The van der Waals surface area contributed by atoms with Crippen LogP contribution in [0.3, 0.4) is 0 Å². The maximum Gasteiger partial charge on any atom is 0.331 e. The van der Waals surface area contributed by atoms with Crippen LogP contribution in [0.2, 0.25) is 0 Å². The molecule has 0 spiro atoms. The third-order valence-electron chi connectivity index (χ3n) is 8.23. The van der Waals surface area contributed by atoms with Gasteiger partial charge >= 0.3 is 11.9 Å². The van der Waals surface area contributed by atoms with Gasteiger partial charge in [-0.05, 0) is 36.1 Å². The SMILES string of the molecule is COC(=O)C(C(C)C)n1cc2c(nc(N)n3nc(-c4ccco4)nc23)n1.COC(=O)C(C(C)C)n1ncc2c1nc(N)n1nc(-c3ccco3)nc21. The van der Waals surface area contributed by atoms with Crippen molar-refractivity contribution in [1.29, 1.82) is 0 Å². The average Bonchev–Trinajstić information content (AvgIpc) is 3.95. The zero-order chi connectivity index (χ0) is 36.8. The third kappa shape index (κ3) is 5.68.